The number of likely N-dealkylation sites (tertiary alicyclic amines) is 1. The van der Waals surface area contributed by atoms with Gasteiger partial charge in [-0.25, -0.2) is 4.98 Å². The van der Waals surface area contributed by atoms with Gasteiger partial charge in [0.15, 0.2) is 5.76 Å². The summed E-state index contributed by atoms with van der Waals surface area (Å²) >= 11 is 0. The van der Waals surface area contributed by atoms with Gasteiger partial charge in [0.2, 0.25) is 5.91 Å². The van der Waals surface area contributed by atoms with Crippen LogP contribution in [0.1, 0.15) is 30.7 Å². The summed E-state index contributed by atoms with van der Waals surface area (Å²) in [5, 5.41) is 0. The second-order valence-electron chi connectivity index (χ2n) is 6.27. The van der Waals surface area contributed by atoms with Crippen molar-refractivity contribution in [3.63, 3.8) is 0 Å². The van der Waals surface area contributed by atoms with Crippen molar-refractivity contribution in [2.75, 3.05) is 26.2 Å². The van der Waals surface area contributed by atoms with Gasteiger partial charge in [0.05, 0.1) is 24.5 Å². The van der Waals surface area contributed by atoms with Crippen LogP contribution in [-0.4, -0.2) is 48.1 Å². The molecule has 0 spiro atoms. The first kappa shape index (κ1) is 23.5. The topological polar surface area (TPSA) is 94.7 Å². The lowest BCUT2D eigenvalue weighted by atomic mass is 10.1. The highest BCUT2D eigenvalue weighted by molar-refractivity contribution is 5.85. The maximum atomic E-state index is 12.5. The van der Waals surface area contributed by atoms with Crippen molar-refractivity contribution in [3.05, 3.63) is 29.9 Å². The Kier molecular flexibility index (Phi) is 9.87. The van der Waals surface area contributed by atoms with Crippen LogP contribution in [0.4, 0.5) is 0 Å². The summed E-state index contributed by atoms with van der Waals surface area (Å²) in [7, 11) is 0. The summed E-state index contributed by atoms with van der Waals surface area (Å²) in [4.78, 5) is 18.8. The normalized spacial score (nSPS) is 14.5. The van der Waals surface area contributed by atoms with Crippen LogP contribution in [0.2, 0.25) is 0 Å². The lowest BCUT2D eigenvalue weighted by Crippen LogP contribution is -2.41. The molecule has 0 aliphatic carbocycles. The number of hydrogen-bond acceptors (Lipinski definition) is 6. The highest BCUT2D eigenvalue weighted by Gasteiger charge is 2.25. The van der Waals surface area contributed by atoms with Crippen molar-refractivity contribution in [2.24, 2.45) is 5.73 Å². The maximum absolute atomic E-state index is 12.5. The second kappa shape index (κ2) is 11.3. The minimum Gasteiger partial charge on any atom is -0.459 e. The molecule has 1 aliphatic rings. The average molecular weight is 420 g/mol. The van der Waals surface area contributed by atoms with Crippen molar-refractivity contribution < 1.29 is 18.4 Å². The zero-order valence-electron chi connectivity index (χ0n) is 15.4. The highest BCUT2D eigenvalue weighted by Crippen LogP contribution is 2.23. The summed E-state index contributed by atoms with van der Waals surface area (Å²) in [5.41, 5.74) is 6.14. The Morgan fingerprint density at radius 3 is 2.74 bits per heavy atom. The van der Waals surface area contributed by atoms with Gasteiger partial charge in [-0.1, -0.05) is 0 Å². The molecule has 1 amide bonds. The minimum absolute atomic E-state index is 0. The minimum atomic E-state index is 0. The van der Waals surface area contributed by atoms with Gasteiger partial charge in [-0.15, -0.1) is 24.8 Å². The quantitative estimate of drug-likeness (QED) is 0.692. The van der Waals surface area contributed by atoms with E-state index >= 15 is 0 Å². The number of ether oxygens (including phenoxy) is 1. The van der Waals surface area contributed by atoms with Crippen molar-refractivity contribution in [2.45, 2.75) is 38.7 Å². The average Bonchev–Trinajstić information content (AvgIpc) is 3.26. The SMILES string of the molecule is Cc1oc(-c2ccco2)nc1CC(=O)N1CCC(OCCCN)CC1.Cl.Cl. The molecule has 7 nitrogen and oxygen atoms in total. The summed E-state index contributed by atoms with van der Waals surface area (Å²) in [6, 6.07) is 3.56. The molecule has 1 fully saturated rings. The molecule has 1 aliphatic heterocycles. The number of nitrogens with zero attached hydrogens (tertiary/aromatic N) is 2. The number of rotatable bonds is 7. The largest absolute Gasteiger partial charge is 0.459 e. The summed E-state index contributed by atoms with van der Waals surface area (Å²) in [6.07, 6.45) is 4.66. The molecule has 2 aromatic rings. The zero-order valence-corrected chi connectivity index (χ0v) is 17.0. The Bertz CT molecular complexity index is 683. The molecule has 0 bridgehead atoms. The Morgan fingerprint density at radius 1 is 1.37 bits per heavy atom. The number of hydrogen-bond donors (Lipinski definition) is 1. The predicted molar refractivity (Wildman–Crippen MR) is 106 cm³/mol. The molecule has 0 atom stereocenters. The molecule has 2 N–H and O–H groups in total. The summed E-state index contributed by atoms with van der Waals surface area (Å²) in [6.45, 7) is 4.60. The number of carbonyl (C=O) groups excluding carboxylic acids is 1. The predicted octanol–water partition coefficient (Wildman–Crippen LogP) is 2.99. The van der Waals surface area contributed by atoms with Gasteiger partial charge in [0.25, 0.3) is 5.89 Å². The third-order valence-corrected chi connectivity index (χ3v) is 4.44. The second-order valence-corrected chi connectivity index (χ2v) is 6.27. The molecule has 3 heterocycles. The number of amides is 1. The van der Waals surface area contributed by atoms with E-state index in [9.17, 15) is 4.79 Å². The van der Waals surface area contributed by atoms with Crippen molar-refractivity contribution >= 4 is 30.7 Å². The van der Waals surface area contributed by atoms with Gasteiger partial charge in [-0.3, -0.25) is 4.79 Å². The van der Waals surface area contributed by atoms with Crippen molar-refractivity contribution in [1.82, 2.24) is 9.88 Å². The van der Waals surface area contributed by atoms with Crippen molar-refractivity contribution in [3.8, 4) is 11.7 Å². The molecule has 0 radical (unpaired) electrons. The molecular formula is C18H27Cl2N3O4. The highest BCUT2D eigenvalue weighted by atomic mass is 35.5. The van der Waals surface area contributed by atoms with Crippen molar-refractivity contribution in [1.29, 1.82) is 0 Å². The van der Waals surface area contributed by atoms with Crippen LogP contribution in [0.25, 0.3) is 11.7 Å². The number of aromatic nitrogens is 1. The monoisotopic (exact) mass is 419 g/mol. The Balaban J connectivity index is 0.00000182. The molecule has 0 unspecified atom stereocenters. The summed E-state index contributed by atoms with van der Waals surface area (Å²) in [5.74, 6) is 1.71. The Morgan fingerprint density at radius 2 is 2.11 bits per heavy atom. The first-order chi connectivity index (χ1) is 12.2. The van der Waals surface area contributed by atoms with Crippen LogP contribution in [0.15, 0.2) is 27.2 Å². The number of oxazole rings is 1. The standard InChI is InChI=1S/C18H25N3O4.2ClH/c1-13-15(20-18(25-13)16-4-2-10-24-16)12-17(22)21-8-5-14(6-9-21)23-11-3-7-19;;/h2,4,10,14H,3,5-9,11-12,19H2,1H3;2*1H. The van der Waals surface area contributed by atoms with Crippen LogP contribution in [0.5, 0.6) is 0 Å². The molecule has 152 valence electrons. The van der Waals surface area contributed by atoms with E-state index in [0.29, 0.717) is 49.3 Å². The first-order valence-corrected chi connectivity index (χ1v) is 8.77. The molecule has 3 rings (SSSR count). The van der Waals surface area contributed by atoms with E-state index in [1.807, 2.05) is 11.8 Å². The van der Waals surface area contributed by atoms with Crippen LogP contribution in [-0.2, 0) is 16.0 Å². The van der Waals surface area contributed by atoms with Crippen LogP contribution in [0, 0.1) is 6.92 Å². The molecule has 2 aromatic heterocycles. The fraction of sp³-hybridized carbons (Fsp3) is 0.556. The van der Waals surface area contributed by atoms with E-state index in [1.54, 1.807) is 18.4 Å². The van der Waals surface area contributed by atoms with Gasteiger partial charge < -0.3 is 24.2 Å². The number of carbonyl (C=O) groups is 1. The lowest BCUT2D eigenvalue weighted by molar-refractivity contribution is -0.133. The lowest BCUT2D eigenvalue weighted by Gasteiger charge is -2.32. The zero-order chi connectivity index (χ0) is 17.6. The number of aryl methyl sites for hydroxylation is 1. The molecule has 0 saturated carbocycles. The van der Waals surface area contributed by atoms with Gasteiger partial charge in [0, 0.05) is 19.7 Å². The van der Waals surface area contributed by atoms with E-state index in [2.05, 4.69) is 4.98 Å². The first-order valence-electron chi connectivity index (χ1n) is 8.77. The smallest absolute Gasteiger partial charge is 0.263 e. The molecule has 1 saturated heterocycles. The number of nitrogens with two attached hydrogens (primary N) is 1. The van der Waals surface area contributed by atoms with Gasteiger partial charge in [-0.2, -0.15) is 0 Å². The third kappa shape index (κ3) is 6.24. The number of piperidine rings is 1. The maximum Gasteiger partial charge on any atom is 0.263 e. The van der Waals surface area contributed by atoms with Gasteiger partial charge in [-0.05, 0) is 44.9 Å². The fourth-order valence-corrected chi connectivity index (χ4v) is 2.96. The van der Waals surface area contributed by atoms with Crippen LogP contribution >= 0.6 is 24.8 Å². The van der Waals surface area contributed by atoms with Crippen LogP contribution < -0.4 is 5.73 Å². The molecule has 9 heteroatoms. The Labute approximate surface area is 171 Å². The van der Waals surface area contributed by atoms with E-state index in [-0.39, 0.29) is 43.2 Å². The van der Waals surface area contributed by atoms with E-state index in [1.165, 1.54) is 0 Å². The van der Waals surface area contributed by atoms with Crippen LogP contribution in [0.3, 0.4) is 0 Å². The van der Waals surface area contributed by atoms with Gasteiger partial charge in [0.1, 0.15) is 5.76 Å². The molecular weight excluding hydrogens is 393 g/mol. The third-order valence-electron chi connectivity index (χ3n) is 4.44. The fourth-order valence-electron chi connectivity index (χ4n) is 2.96. The summed E-state index contributed by atoms with van der Waals surface area (Å²) < 4.78 is 16.7. The molecule has 27 heavy (non-hydrogen) atoms. The molecule has 0 aromatic carbocycles. The number of furan rings is 1. The van der Waals surface area contributed by atoms with Gasteiger partial charge >= 0.3 is 0 Å². The Hall–Kier alpha value is -1.54. The van der Waals surface area contributed by atoms with E-state index < -0.39 is 0 Å². The van der Waals surface area contributed by atoms with E-state index in [0.717, 1.165) is 19.3 Å². The number of halogens is 2. The van der Waals surface area contributed by atoms with E-state index in [4.69, 9.17) is 19.3 Å².